The minimum absolute atomic E-state index is 0.347. The Morgan fingerprint density at radius 1 is 1.44 bits per heavy atom. The molecule has 0 aliphatic rings. The van der Waals surface area contributed by atoms with Crippen LogP contribution in [0, 0.1) is 5.92 Å². The average Bonchev–Trinajstić information content (AvgIpc) is 2.68. The predicted molar refractivity (Wildman–Crippen MR) is 76.7 cm³/mol. The highest BCUT2D eigenvalue weighted by Crippen LogP contribution is 2.36. The van der Waals surface area contributed by atoms with E-state index in [0.717, 1.165) is 15.6 Å². The largest absolute Gasteiger partial charge is 0.481 e. The third kappa shape index (κ3) is 2.68. The molecule has 4 heteroatoms. The Labute approximate surface area is 115 Å². The molecule has 0 spiro atoms. The standard InChI is InChI=1S/C14H15ClO2S/c1-8(2)5-11(14(16)17)12-7-18-13-4-3-9(15)6-10(12)13/h3-4,6-8,11H,5H2,1-2H3,(H,16,17). The predicted octanol–water partition coefficient (Wildman–Crippen LogP) is 4.77. The quantitative estimate of drug-likeness (QED) is 0.877. The summed E-state index contributed by atoms with van der Waals surface area (Å²) < 4.78 is 1.09. The number of carbonyl (C=O) groups is 1. The summed E-state index contributed by atoms with van der Waals surface area (Å²) in [7, 11) is 0. The molecule has 1 heterocycles. The molecule has 0 bridgehead atoms. The molecule has 0 saturated heterocycles. The van der Waals surface area contributed by atoms with E-state index in [2.05, 4.69) is 0 Å². The van der Waals surface area contributed by atoms with E-state index in [9.17, 15) is 9.90 Å². The molecule has 96 valence electrons. The minimum atomic E-state index is -0.761. The number of benzene rings is 1. The summed E-state index contributed by atoms with van der Waals surface area (Å²) in [5, 5.41) is 13.0. The van der Waals surface area contributed by atoms with Crippen LogP contribution in [0.25, 0.3) is 10.1 Å². The summed E-state index contributed by atoms with van der Waals surface area (Å²) in [6, 6.07) is 5.64. The van der Waals surface area contributed by atoms with Crippen molar-refractivity contribution in [2.45, 2.75) is 26.2 Å². The summed E-state index contributed by atoms with van der Waals surface area (Å²) in [5.74, 6) is -0.860. The zero-order valence-electron chi connectivity index (χ0n) is 10.3. The molecule has 1 N–H and O–H groups in total. The number of halogens is 1. The van der Waals surface area contributed by atoms with Gasteiger partial charge in [0, 0.05) is 9.72 Å². The van der Waals surface area contributed by atoms with E-state index < -0.39 is 11.9 Å². The van der Waals surface area contributed by atoms with Crippen LogP contribution in [0.1, 0.15) is 31.7 Å². The van der Waals surface area contributed by atoms with Crippen LogP contribution in [0.3, 0.4) is 0 Å². The molecule has 1 aromatic carbocycles. The molecule has 1 atom stereocenters. The molecule has 18 heavy (non-hydrogen) atoms. The van der Waals surface area contributed by atoms with Gasteiger partial charge in [0.15, 0.2) is 0 Å². The Hall–Kier alpha value is -1.06. The number of fused-ring (bicyclic) bond motifs is 1. The van der Waals surface area contributed by atoms with E-state index in [0.29, 0.717) is 17.4 Å². The molecule has 0 aliphatic carbocycles. The second-order valence-corrected chi connectivity index (χ2v) is 6.20. The number of hydrogen-bond donors (Lipinski definition) is 1. The zero-order chi connectivity index (χ0) is 13.3. The SMILES string of the molecule is CC(C)CC(C(=O)O)c1csc2ccc(Cl)cc12. The molecule has 2 rings (SSSR count). The maximum Gasteiger partial charge on any atom is 0.311 e. The van der Waals surface area contributed by atoms with Gasteiger partial charge in [-0.15, -0.1) is 11.3 Å². The molecule has 0 fully saturated rings. The van der Waals surface area contributed by atoms with Gasteiger partial charge < -0.3 is 5.11 Å². The molecule has 1 unspecified atom stereocenters. The van der Waals surface area contributed by atoms with Crippen molar-refractivity contribution in [2.75, 3.05) is 0 Å². The molecule has 0 aliphatic heterocycles. The normalized spacial score (nSPS) is 13.1. The number of carboxylic acid groups (broad SMARTS) is 1. The first-order valence-corrected chi connectivity index (χ1v) is 7.14. The van der Waals surface area contributed by atoms with Crippen molar-refractivity contribution in [3.63, 3.8) is 0 Å². The van der Waals surface area contributed by atoms with E-state index in [1.807, 2.05) is 37.4 Å². The molecule has 0 saturated carbocycles. The molecule has 2 aromatic rings. The molecular formula is C14H15ClO2S. The third-order valence-corrected chi connectivity index (χ3v) is 4.16. The first-order valence-electron chi connectivity index (χ1n) is 5.88. The van der Waals surface area contributed by atoms with Crippen molar-refractivity contribution < 1.29 is 9.90 Å². The summed E-state index contributed by atoms with van der Waals surface area (Å²) in [6.45, 7) is 4.08. The van der Waals surface area contributed by atoms with Crippen molar-refractivity contribution in [3.05, 3.63) is 34.2 Å². The molecule has 0 radical (unpaired) electrons. The highest BCUT2D eigenvalue weighted by atomic mass is 35.5. The molecule has 0 amide bonds. The van der Waals surface area contributed by atoms with Gasteiger partial charge in [0.1, 0.15) is 0 Å². The number of aliphatic carboxylic acids is 1. The van der Waals surface area contributed by atoms with Gasteiger partial charge in [-0.05, 0) is 46.9 Å². The van der Waals surface area contributed by atoms with Crippen LogP contribution >= 0.6 is 22.9 Å². The topological polar surface area (TPSA) is 37.3 Å². The van der Waals surface area contributed by atoms with Crippen molar-refractivity contribution in [1.29, 1.82) is 0 Å². The Morgan fingerprint density at radius 3 is 2.78 bits per heavy atom. The lowest BCUT2D eigenvalue weighted by Crippen LogP contribution is -2.13. The smallest absolute Gasteiger partial charge is 0.311 e. The lowest BCUT2D eigenvalue weighted by Gasteiger charge is -2.14. The fraction of sp³-hybridized carbons (Fsp3) is 0.357. The van der Waals surface area contributed by atoms with Crippen LogP contribution in [0.2, 0.25) is 5.02 Å². The highest BCUT2D eigenvalue weighted by molar-refractivity contribution is 7.17. The Kier molecular flexibility index (Phi) is 3.93. The second-order valence-electron chi connectivity index (χ2n) is 4.85. The van der Waals surface area contributed by atoms with Gasteiger partial charge in [0.05, 0.1) is 5.92 Å². The van der Waals surface area contributed by atoms with Crippen molar-refractivity contribution in [2.24, 2.45) is 5.92 Å². The number of carboxylic acids is 1. The highest BCUT2D eigenvalue weighted by Gasteiger charge is 2.24. The number of rotatable bonds is 4. The lowest BCUT2D eigenvalue weighted by molar-refractivity contribution is -0.139. The Balaban J connectivity index is 2.50. The Bertz CT molecular complexity index is 574. The second kappa shape index (κ2) is 5.29. The van der Waals surface area contributed by atoms with Gasteiger partial charge in [0.25, 0.3) is 0 Å². The van der Waals surface area contributed by atoms with Crippen LogP contribution in [-0.4, -0.2) is 11.1 Å². The van der Waals surface area contributed by atoms with Crippen LogP contribution in [0.4, 0.5) is 0 Å². The van der Waals surface area contributed by atoms with Crippen LogP contribution in [-0.2, 0) is 4.79 Å². The molecule has 2 nitrogen and oxygen atoms in total. The molecular weight excluding hydrogens is 268 g/mol. The first kappa shape index (κ1) is 13.4. The maximum absolute atomic E-state index is 11.4. The van der Waals surface area contributed by atoms with Gasteiger partial charge >= 0.3 is 5.97 Å². The van der Waals surface area contributed by atoms with Gasteiger partial charge in [-0.25, -0.2) is 0 Å². The van der Waals surface area contributed by atoms with Gasteiger partial charge in [-0.3, -0.25) is 4.79 Å². The lowest BCUT2D eigenvalue weighted by atomic mass is 9.90. The van der Waals surface area contributed by atoms with Gasteiger partial charge in [-0.2, -0.15) is 0 Å². The van der Waals surface area contributed by atoms with E-state index in [-0.39, 0.29) is 0 Å². The van der Waals surface area contributed by atoms with E-state index in [4.69, 9.17) is 11.6 Å². The summed E-state index contributed by atoms with van der Waals surface area (Å²) in [6.07, 6.45) is 0.647. The van der Waals surface area contributed by atoms with Gasteiger partial charge in [0.2, 0.25) is 0 Å². The van der Waals surface area contributed by atoms with Crippen molar-refractivity contribution in [1.82, 2.24) is 0 Å². The number of hydrogen-bond acceptors (Lipinski definition) is 2. The maximum atomic E-state index is 11.4. The van der Waals surface area contributed by atoms with Crippen molar-refractivity contribution in [3.8, 4) is 0 Å². The first-order chi connectivity index (χ1) is 8.49. The fourth-order valence-electron chi connectivity index (χ4n) is 2.12. The molecule has 1 aromatic heterocycles. The summed E-state index contributed by atoms with van der Waals surface area (Å²) >= 11 is 7.57. The number of thiophene rings is 1. The van der Waals surface area contributed by atoms with Gasteiger partial charge in [-0.1, -0.05) is 25.4 Å². The van der Waals surface area contributed by atoms with Crippen molar-refractivity contribution >= 4 is 39.0 Å². The van der Waals surface area contributed by atoms with Crippen LogP contribution in [0.15, 0.2) is 23.6 Å². The monoisotopic (exact) mass is 282 g/mol. The zero-order valence-corrected chi connectivity index (χ0v) is 11.9. The Morgan fingerprint density at radius 2 is 2.17 bits per heavy atom. The average molecular weight is 283 g/mol. The van der Waals surface area contributed by atoms with E-state index >= 15 is 0 Å². The van der Waals surface area contributed by atoms with E-state index in [1.54, 1.807) is 11.3 Å². The fourth-order valence-corrected chi connectivity index (χ4v) is 3.29. The van der Waals surface area contributed by atoms with E-state index in [1.165, 1.54) is 0 Å². The minimum Gasteiger partial charge on any atom is -0.481 e. The third-order valence-electron chi connectivity index (χ3n) is 2.95. The summed E-state index contributed by atoms with van der Waals surface area (Å²) in [4.78, 5) is 11.4. The van der Waals surface area contributed by atoms with Crippen LogP contribution < -0.4 is 0 Å². The summed E-state index contributed by atoms with van der Waals surface area (Å²) in [5.41, 5.74) is 0.888. The van der Waals surface area contributed by atoms with Crippen LogP contribution in [0.5, 0.6) is 0 Å².